The molecule has 3 atom stereocenters. The van der Waals surface area contributed by atoms with E-state index in [1.165, 1.54) is 26.1 Å². The molecule has 0 aliphatic carbocycles. The Morgan fingerprint density at radius 1 is 1.53 bits per heavy atom. The molecule has 0 bridgehead atoms. The van der Waals surface area contributed by atoms with E-state index in [1.54, 1.807) is 0 Å². The molecular weight excluding hydrogens is 204 g/mol. The van der Waals surface area contributed by atoms with Crippen LogP contribution in [0.1, 0.15) is 27.2 Å². The highest BCUT2D eigenvalue weighted by atomic mass is 32.2. The molecule has 1 heterocycles. The van der Waals surface area contributed by atoms with Gasteiger partial charge in [-0.15, -0.1) is 0 Å². The molecule has 0 aromatic heterocycles. The second kappa shape index (κ2) is 6.77. The molecule has 1 rings (SSSR count). The fraction of sp³-hybridized carbons (Fsp3) is 1.00. The predicted molar refractivity (Wildman–Crippen MR) is 70.7 cm³/mol. The number of nitrogens with zero attached hydrogens (tertiary/aromatic N) is 1. The number of rotatable bonds is 5. The molecule has 0 aromatic rings. The second-order valence-corrected chi connectivity index (χ2v) is 6.00. The van der Waals surface area contributed by atoms with Crippen LogP contribution in [0.3, 0.4) is 0 Å². The van der Waals surface area contributed by atoms with Gasteiger partial charge in [0.25, 0.3) is 0 Å². The first-order valence-electron chi connectivity index (χ1n) is 6.15. The van der Waals surface area contributed by atoms with Crippen LogP contribution in [-0.2, 0) is 0 Å². The van der Waals surface area contributed by atoms with Gasteiger partial charge in [-0.1, -0.05) is 20.8 Å². The summed E-state index contributed by atoms with van der Waals surface area (Å²) in [5.74, 6) is 0.799. The number of hydrogen-bond donors (Lipinski definition) is 1. The van der Waals surface area contributed by atoms with E-state index >= 15 is 0 Å². The number of nitrogens with one attached hydrogen (secondary N) is 1. The van der Waals surface area contributed by atoms with E-state index in [4.69, 9.17) is 0 Å². The van der Waals surface area contributed by atoms with Crippen LogP contribution in [0.4, 0.5) is 0 Å². The number of likely N-dealkylation sites (tertiary alicyclic amines) is 1. The zero-order valence-electron chi connectivity index (χ0n) is 10.6. The first-order valence-corrected chi connectivity index (χ1v) is 7.44. The van der Waals surface area contributed by atoms with Crippen LogP contribution in [0.15, 0.2) is 0 Å². The van der Waals surface area contributed by atoms with Crippen molar-refractivity contribution in [3.8, 4) is 0 Å². The molecule has 0 spiro atoms. The Bertz CT molecular complexity index is 175. The average molecular weight is 230 g/mol. The van der Waals surface area contributed by atoms with Gasteiger partial charge >= 0.3 is 0 Å². The first-order chi connectivity index (χ1) is 7.17. The van der Waals surface area contributed by atoms with E-state index in [9.17, 15) is 0 Å². The van der Waals surface area contributed by atoms with Crippen molar-refractivity contribution in [3.05, 3.63) is 0 Å². The normalized spacial score (nSPS) is 30.4. The fourth-order valence-electron chi connectivity index (χ4n) is 2.22. The Labute approximate surface area is 99.2 Å². The van der Waals surface area contributed by atoms with Crippen molar-refractivity contribution in [3.63, 3.8) is 0 Å². The van der Waals surface area contributed by atoms with Crippen LogP contribution in [0.5, 0.6) is 0 Å². The predicted octanol–water partition coefficient (Wildman–Crippen LogP) is 2.06. The zero-order valence-corrected chi connectivity index (χ0v) is 11.4. The highest BCUT2D eigenvalue weighted by Crippen LogP contribution is 2.17. The van der Waals surface area contributed by atoms with Gasteiger partial charge in [-0.3, -0.25) is 0 Å². The van der Waals surface area contributed by atoms with Crippen molar-refractivity contribution in [1.82, 2.24) is 10.2 Å². The molecule has 3 heteroatoms. The summed E-state index contributed by atoms with van der Waals surface area (Å²) in [6.07, 6.45) is 3.51. The Balaban J connectivity index is 2.25. The van der Waals surface area contributed by atoms with Crippen LogP contribution in [0, 0.1) is 5.92 Å². The molecule has 0 aromatic carbocycles. The van der Waals surface area contributed by atoms with Gasteiger partial charge in [0.1, 0.15) is 0 Å². The Hall–Kier alpha value is 0.270. The van der Waals surface area contributed by atoms with E-state index < -0.39 is 0 Å². The molecule has 0 amide bonds. The minimum Gasteiger partial charge on any atom is -0.313 e. The lowest BCUT2D eigenvalue weighted by molar-refractivity contribution is 0.154. The van der Waals surface area contributed by atoms with Crippen LogP contribution < -0.4 is 5.32 Å². The Kier molecular flexibility index (Phi) is 6.02. The molecule has 1 aliphatic heterocycles. The summed E-state index contributed by atoms with van der Waals surface area (Å²) >= 11 is 1.95. The van der Waals surface area contributed by atoms with Gasteiger partial charge in [0.05, 0.1) is 0 Å². The Morgan fingerprint density at radius 3 is 2.80 bits per heavy atom. The van der Waals surface area contributed by atoms with Crippen LogP contribution >= 0.6 is 11.8 Å². The lowest BCUT2D eigenvalue weighted by Gasteiger charge is -2.37. The third-order valence-corrected chi connectivity index (χ3v) is 4.48. The molecule has 0 saturated carbocycles. The standard InChI is InChI=1S/C12H26N2S/c1-5-14-7-6-12(10(2)9-14)13-8-11(3)15-4/h10-13H,5-9H2,1-4H3/t10-,11-,12-/m0/s1. The van der Waals surface area contributed by atoms with E-state index in [0.717, 1.165) is 23.8 Å². The van der Waals surface area contributed by atoms with Gasteiger partial charge in [-0.05, 0) is 31.7 Å². The first kappa shape index (κ1) is 13.3. The third-order valence-electron chi connectivity index (χ3n) is 3.51. The van der Waals surface area contributed by atoms with Crippen molar-refractivity contribution in [2.45, 2.75) is 38.5 Å². The molecule has 1 fully saturated rings. The molecule has 1 saturated heterocycles. The molecule has 90 valence electrons. The minimum atomic E-state index is 0.737. The molecule has 2 nitrogen and oxygen atoms in total. The summed E-state index contributed by atoms with van der Waals surface area (Å²) in [6.45, 7) is 11.8. The fourth-order valence-corrected chi connectivity index (χ4v) is 2.49. The number of hydrogen-bond acceptors (Lipinski definition) is 3. The maximum absolute atomic E-state index is 3.72. The SMILES string of the molecule is CCN1CC[C@H](NC[C@H](C)SC)[C@@H](C)C1. The molecule has 1 N–H and O–H groups in total. The van der Waals surface area contributed by atoms with E-state index in [1.807, 2.05) is 11.8 Å². The minimum absolute atomic E-state index is 0.737. The summed E-state index contributed by atoms with van der Waals surface area (Å²) in [5.41, 5.74) is 0. The maximum atomic E-state index is 3.72. The largest absolute Gasteiger partial charge is 0.313 e. The Morgan fingerprint density at radius 2 is 2.27 bits per heavy atom. The summed E-state index contributed by atoms with van der Waals surface area (Å²) in [4.78, 5) is 2.56. The van der Waals surface area contributed by atoms with Crippen molar-refractivity contribution in [1.29, 1.82) is 0 Å². The topological polar surface area (TPSA) is 15.3 Å². The zero-order chi connectivity index (χ0) is 11.3. The number of piperidine rings is 1. The highest BCUT2D eigenvalue weighted by Gasteiger charge is 2.24. The van der Waals surface area contributed by atoms with Crippen molar-refractivity contribution in [2.24, 2.45) is 5.92 Å². The quantitative estimate of drug-likeness (QED) is 0.778. The molecule has 15 heavy (non-hydrogen) atoms. The monoisotopic (exact) mass is 230 g/mol. The van der Waals surface area contributed by atoms with Crippen molar-refractivity contribution < 1.29 is 0 Å². The summed E-state index contributed by atoms with van der Waals surface area (Å²) in [5, 5.41) is 4.46. The van der Waals surface area contributed by atoms with Gasteiger partial charge in [0.15, 0.2) is 0 Å². The highest BCUT2D eigenvalue weighted by molar-refractivity contribution is 7.99. The molecule has 0 unspecified atom stereocenters. The van der Waals surface area contributed by atoms with Gasteiger partial charge in [-0.2, -0.15) is 11.8 Å². The second-order valence-electron chi connectivity index (χ2n) is 4.72. The van der Waals surface area contributed by atoms with Gasteiger partial charge in [-0.25, -0.2) is 0 Å². The van der Waals surface area contributed by atoms with Gasteiger partial charge in [0.2, 0.25) is 0 Å². The summed E-state index contributed by atoms with van der Waals surface area (Å²) < 4.78 is 0. The van der Waals surface area contributed by atoms with E-state index in [-0.39, 0.29) is 0 Å². The van der Waals surface area contributed by atoms with Crippen LogP contribution in [0.25, 0.3) is 0 Å². The van der Waals surface area contributed by atoms with Crippen LogP contribution in [-0.4, -0.2) is 48.6 Å². The number of thioether (sulfide) groups is 1. The van der Waals surface area contributed by atoms with Gasteiger partial charge < -0.3 is 10.2 Å². The lowest BCUT2D eigenvalue weighted by Crippen LogP contribution is -2.49. The van der Waals surface area contributed by atoms with Crippen LogP contribution in [0.2, 0.25) is 0 Å². The molecule has 0 radical (unpaired) electrons. The maximum Gasteiger partial charge on any atom is 0.0141 e. The lowest BCUT2D eigenvalue weighted by atomic mass is 9.94. The molecular formula is C12H26N2S. The molecule has 1 aliphatic rings. The van der Waals surface area contributed by atoms with Crippen molar-refractivity contribution >= 4 is 11.8 Å². The summed E-state index contributed by atoms with van der Waals surface area (Å²) in [7, 11) is 0. The van der Waals surface area contributed by atoms with E-state index in [0.29, 0.717) is 0 Å². The smallest absolute Gasteiger partial charge is 0.0141 e. The average Bonchev–Trinajstić information content (AvgIpc) is 2.26. The summed E-state index contributed by atoms with van der Waals surface area (Å²) in [6, 6.07) is 0.738. The van der Waals surface area contributed by atoms with E-state index in [2.05, 4.69) is 37.2 Å². The third kappa shape index (κ3) is 4.33. The van der Waals surface area contributed by atoms with Gasteiger partial charge in [0, 0.05) is 24.4 Å². The van der Waals surface area contributed by atoms with Crippen molar-refractivity contribution in [2.75, 3.05) is 32.4 Å².